The summed E-state index contributed by atoms with van der Waals surface area (Å²) < 4.78 is 0. The van der Waals surface area contributed by atoms with E-state index in [2.05, 4.69) is 13.8 Å². The zero-order valence-corrected chi connectivity index (χ0v) is 9.33. The molecule has 4 nitrogen and oxygen atoms in total. The first-order valence-electron chi connectivity index (χ1n) is 4.84. The van der Waals surface area contributed by atoms with E-state index in [-0.39, 0.29) is 5.41 Å². The molecule has 0 aromatic heterocycles. The van der Waals surface area contributed by atoms with Crippen LogP contribution >= 0.6 is 0 Å². The lowest BCUT2D eigenvalue weighted by molar-refractivity contribution is -0.152. The third kappa shape index (κ3) is 2.25. The van der Waals surface area contributed by atoms with Gasteiger partial charge in [0.25, 0.3) is 0 Å². The zero-order valence-electron chi connectivity index (χ0n) is 9.33. The van der Waals surface area contributed by atoms with Crippen molar-refractivity contribution in [3.63, 3.8) is 0 Å². The van der Waals surface area contributed by atoms with Crippen LogP contribution < -0.4 is 0 Å². The Bertz CT molecular complexity index is 261. The first kappa shape index (κ1) is 11.0. The molecule has 1 fully saturated rings. The van der Waals surface area contributed by atoms with Gasteiger partial charge in [-0.15, -0.1) is 0 Å². The van der Waals surface area contributed by atoms with Crippen molar-refractivity contribution in [3.05, 3.63) is 0 Å². The summed E-state index contributed by atoms with van der Waals surface area (Å²) in [5, 5.41) is 0. The van der Waals surface area contributed by atoms with Crippen LogP contribution in [0.1, 0.15) is 20.3 Å². The van der Waals surface area contributed by atoms with E-state index in [1.54, 1.807) is 14.1 Å². The van der Waals surface area contributed by atoms with Crippen LogP contribution in [0.4, 0.5) is 0 Å². The average Bonchev–Trinajstić information content (AvgIpc) is 2.10. The first-order valence-corrected chi connectivity index (χ1v) is 4.84. The molecule has 0 bridgehead atoms. The molecule has 0 unspecified atom stereocenters. The second-order valence-corrected chi connectivity index (χ2v) is 4.80. The highest BCUT2D eigenvalue weighted by atomic mass is 16.2. The molecule has 80 valence electrons. The Morgan fingerprint density at radius 1 is 1.07 bits per heavy atom. The summed E-state index contributed by atoms with van der Waals surface area (Å²) in [6.45, 7) is 5.53. The third-order valence-electron chi connectivity index (χ3n) is 2.67. The van der Waals surface area contributed by atoms with Crippen molar-refractivity contribution in [2.24, 2.45) is 5.41 Å². The maximum atomic E-state index is 11.5. The molecule has 0 aliphatic carbocycles. The maximum absolute atomic E-state index is 11.5. The molecule has 0 N–H and O–H groups in total. The smallest absolute Gasteiger partial charge is 0.311 e. The number of likely N-dealkylation sites (N-methyl/N-ethyl adjacent to an activating group) is 2. The Morgan fingerprint density at radius 3 is 2.14 bits per heavy atom. The summed E-state index contributed by atoms with van der Waals surface area (Å²) in [6, 6.07) is 0. The monoisotopic (exact) mass is 198 g/mol. The molecule has 1 aliphatic rings. The normalized spacial score (nSPS) is 23.4. The highest BCUT2D eigenvalue weighted by Crippen LogP contribution is 2.23. The predicted octanol–water partition coefficient (Wildman–Crippen LogP) is 0.333. The molecule has 0 atom stereocenters. The van der Waals surface area contributed by atoms with Gasteiger partial charge >= 0.3 is 11.8 Å². The summed E-state index contributed by atoms with van der Waals surface area (Å²) in [7, 11) is 3.36. The number of hydrogen-bond donors (Lipinski definition) is 0. The van der Waals surface area contributed by atoms with E-state index < -0.39 is 11.8 Å². The van der Waals surface area contributed by atoms with Crippen molar-refractivity contribution in [1.29, 1.82) is 0 Å². The van der Waals surface area contributed by atoms with Gasteiger partial charge in [-0.2, -0.15) is 0 Å². The van der Waals surface area contributed by atoms with Crippen LogP contribution in [0, 0.1) is 5.41 Å². The number of carbonyl (C=O) groups excluding carboxylic acids is 2. The van der Waals surface area contributed by atoms with Crippen molar-refractivity contribution >= 4 is 11.8 Å². The van der Waals surface area contributed by atoms with Gasteiger partial charge in [-0.1, -0.05) is 13.8 Å². The van der Waals surface area contributed by atoms with Crippen molar-refractivity contribution in [2.75, 3.05) is 27.2 Å². The van der Waals surface area contributed by atoms with E-state index in [1.807, 2.05) is 0 Å². The van der Waals surface area contributed by atoms with Crippen LogP contribution in [0.5, 0.6) is 0 Å². The van der Waals surface area contributed by atoms with Crippen molar-refractivity contribution < 1.29 is 9.59 Å². The summed E-state index contributed by atoms with van der Waals surface area (Å²) in [5.41, 5.74) is 0.0827. The number of amides is 2. The molecular formula is C10H18N2O2. The highest BCUT2D eigenvalue weighted by Gasteiger charge is 2.31. The van der Waals surface area contributed by atoms with Gasteiger partial charge in [0.15, 0.2) is 0 Å². The lowest BCUT2D eigenvalue weighted by Gasteiger charge is -2.35. The van der Waals surface area contributed by atoms with Crippen molar-refractivity contribution in [1.82, 2.24) is 9.80 Å². The van der Waals surface area contributed by atoms with Gasteiger partial charge in [-0.3, -0.25) is 9.59 Å². The molecule has 1 aliphatic heterocycles. The van der Waals surface area contributed by atoms with Gasteiger partial charge in [-0.05, 0) is 11.8 Å². The minimum atomic E-state index is -0.403. The quantitative estimate of drug-likeness (QED) is 0.526. The van der Waals surface area contributed by atoms with Gasteiger partial charge in [0.1, 0.15) is 0 Å². The standard InChI is InChI=1S/C10H18N2O2/c1-10(2)5-6-11(3)8(13)9(14)12(4)7-10/h5-7H2,1-4H3. The van der Waals surface area contributed by atoms with E-state index in [0.717, 1.165) is 6.42 Å². The van der Waals surface area contributed by atoms with Crippen LogP contribution in [0.25, 0.3) is 0 Å². The Balaban J connectivity index is 2.84. The van der Waals surface area contributed by atoms with Crippen LogP contribution in [0.15, 0.2) is 0 Å². The minimum absolute atomic E-state index is 0.0827. The van der Waals surface area contributed by atoms with Gasteiger partial charge in [0.2, 0.25) is 0 Å². The molecule has 1 heterocycles. The second kappa shape index (κ2) is 3.59. The van der Waals surface area contributed by atoms with Crippen LogP contribution in [-0.4, -0.2) is 48.8 Å². The fraction of sp³-hybridized carbons (Fsp3) is 0.800. The Hall–Kier alpha value is -1.06. The molecule has 0 radical (unpaired) electrons. The molecule has 0 saturated carbocycles. The molecule has 1 rings (SSSR count). The second-order valence-electron chi connectivity index (χ2n) is 4.80. The number of hydrogen-bond acceptors (Lipinski definition) is 2. The van der Waals surface area contributed by atoms with E-state index in [4.69, 9.17) is 0 Å². The predicted molar refractivity (Wildman–Crippen MR) is 53.7 cm³/mol. The third-order valence-corrected chi connectivity index (χ3v) is 2.67. The molecule has 14 heavy (non-hydrogen) atoms. The molecule has 0 spiro atoms. The molecule has 4 heteroatoms. The molecule has 0 aromatic carbocycles. The lowest BCUT2D eigenvalue weighted by atomic mass is 9.88. The van der Waals surface area contributed by atoms with Gasteiger partial charge < -0.3 is 9.80 Å². The Kier molecular flexibility index (Phi) is 2.83. The zero-order chi connectivity index (χ0) is 10.9. The van der Waals surface area contributed by atoms with Crippen LogP contribution in [0.2, 0.25) is 0 Å². The molecule has 0 aromatic rings. The summed E-state index contributed by atoms with van der Waals surface area (Å²) in [4.78, 5) is 26.0. The maximum Gasteiger partial charge on any atom is 0.311 e. The lowest BCUT2D eigenvalue weighted by Crippen LogP contribution is -2.49. The van der Waals surface area contributed by atoms with E-state index >= 15 is 0 Å². The molecule has 1 saturated heterocycles. The van der Waals surface area contributed by atoms with Gasteiger partial charge in [0.05, 0.1) is 0 Å². The Labute approximate surface area is 84.9 Å². The molecular weight excluding hydrogens is 180 g/mol. The number of rotatable bonds is 0. The number of carbonyl (C=O) groups is 2. The SMILES string of the molecule is CN1CCC(C)(C)CN(C)C(=O)C1=O. The van der Waals surface area contributed by atoms with Crippen molar-refractivity contribution in [2.45, 2.75) is 20.3 Å². The minimum Gasteiger partial charge on any atom is -0.337 e. The summed E-state index contributed by atoms with van der Waals surface area (Å²) in [6.07, 6.45) is 0.923. The van der Waals surface area contributed by atoms with Crippen molar-refractivity contribution in [3.8, 4) is 0 Å². The van der Waals surface area contributed by atoms with E-state index in [9.17, 15) is 9.59 Å². The highest BCUT2D eigenvalue weighted by molar-refractivity contribution is 6.34. The largest absolute Gasteiger partial charge is 0.337 e. The fourth-order valence-corrected chi connectivity index (χ4v) is 1.69. The van der Waals surface area contributed by atoms with Crippen LogP contribution in [0.3, 0.4) is 0 Å². The van der Waals surface area contributed by atoms with E-state index in [0.29, 0.717) is 13.1 Å². The average molecular weight is 198 g/mol. The van der Waals surface area contributed by atoms with Crippen LogP contribution in [-0.2, 0) is 9.59 Å². The summed E-state index contributed by atoms with van der Waals surface area (Å²) in [5.74, 6) is -0.803. The number of nitrogens with zero attached hydrogens (tertiary/aromatic N) is 2. The fourth-order valence-electron chi connectivity index (χ4n) is 1.69. The van der Waals surface area contributed by atoms with E-state index in [1.165, 1.54) is 9.80 Å². The topological polar surface area (TPSA) is 40.6 Å². The first-order chi connectivity index (χ1) is 6.33. The van der Waals surface area contributed by atoms with Gasteiger partial charge in [0, 0.05) is 27.2 Å². The summed E-state index contributed by atoms with van der Waals surface area (Å²) >= 11 is 0. The van der Waals surface area contributed by atoms with Gasteiger partial charge in [-0.25, -0.2) is 0 Å². The Morgan fingerprint density at radius 2 is 1.57 bits per heavy atom. The molecule has 2 amide bonds.